The molecule has 0 aliphatic rings. The second-order valence-electron chi connectivity index (χ2n) is 4.49. The number of aromatic nitrogens is 2. The first-order chi connectivity index (χ1) is 9.72. The summed E-state index contributed by atoms with van der Waals surface area (Å²) in [6.45, 7) is 0. The number of fused-ring (bicyclic) bond motifs is 1. The van der Waals surface area contributed by atoms with Crippen molar-refractivity contribution in [3.05, 3.63) is 59.7 Å². The molecular formula is C16H14N4. The van der Waals surface area contributed by atoms with Crippen LogP contribution in [0.5, 0.6) is 0 Å². The number of benzene rings is 2. The average molecular weight is 262 g/mol. The molecule has 0 atom stereocenters. The Hall–Kier alpha value is -2.88. The SMILES string of the molecule is Nc1nc(N)c2cc(/C=C/c3ccccc3)ccc2n1. The summed E-state index contributed by atoms with van der Waals surface area (Å²) >= 11 is 0. The van der Waals surface area contributed by atoms with Crippen molar-refractivity contribution in [2.45, 2.75) is 0 Å². The summed E-state index contributed by atoms with van der Waals surface area (Å²) in [4.78, 5) is 8.14. The fraction of sp³-hybridized carbons (Fsp3) is 0. The quantitative estimate of drug-likeness (QED) is 0.696. The van der Waals surface area contributed by atoms with Gasteiger partial charge in [-0.3, -0.25) is 0 Å². The third-order valence-electron chi connectivity index (χ3n) is 3.03. The molecule has 1 aromatic heterocycles. The molecular weight excluding hydrogens is 248 g/mol. The van der Waals surface area contributed by atoms with E-state index in [2.05, 4.69) is 28.2 Å². The number of rotatable bonds is 2. The van der Waals surface area contributed by atoms with Crippen LogP contribution in [0.1, 0.15) is 11.1 Å². The zero-order valence-electron chi connectivity index (χ0n) is 10.8. The maximum atomic E-state index is 5.88. The third kappa shape index (κ3) is 2.44. The zero-order valence-corrected chi connectivity index (χ0v) is 10.8. The highest BCUT2D eigenvalue weighted by atomic mass is 15.0. The predicted octanol–water partition coefficient (Wildman–Crippen LogP) is 2.96. The van der Waals surface area contributed by atoms with Gasteiger partial charge in [-0.05, 0) is 23.3 Å². The van der Waals surface area contributed by atoms with E-state index in [1.807, 2.05) is 42.5 Å². The number of anilines is 2. The van der Waals surface area contributed by atoms with Gasteiger partial charge in [0.2, 0.25) is 5.95 Å². The number of nitrogens with two attached hydrogens (primary N) is 2. The van der Waals surface area contributed by atoms with Crippen molar-refractivity contribution < 1.29 is 0 Å². The van der Waals surface area contributed by atoms with Crippen LogP contribution in [0.15, 0.2) is 48.5 Å². The summed E-state index contributed by atoms with van der Waals surface area (Å²) in [5.74, 6) is 0.602. The van der Waals surface area contributed by atoms with E-state index in [1.54, 1.807) is 0 Å². The van der Waals surface area contributed by atoms with Gasteiger partial charge in [-0.25, -0.2) is 4.98 Å². The van der Waals surface area contributed by atoms with E-state index in [1.165, 1.54) is 0 Å². The maximum absolute atomic E-state index is 5.88. The first-order valence-electron chi connectivity index (χ1n) is 6.28. The number of hydrogen-bond acceptors (Lipinski definition) is 4. The Balaban J connectivity index is 1.99. The van der Waals surface area contributed by atoms with Gasteiger partial charge < -0.3 is 11.5 Å². The summed E-state index contributed by atoms with van der Waals surface area (Å²) in [5, 5.41) is 0.814. The Labute approximate surface area is 116 Å². The van der Waals surface area contributed by atoms with Crippen molar-refractivity contribution in [3.63, 3.8) is 0 Å². The smallest absolute Gasteiger partial charge is 0.222 e. The van der Waals surface area contributed by atoms with Gasteiger partial charge in [-0.1, -0.05) is 48.6 Å². The van der Waals surface area contributed by atoms with Gasteiger partial charge in [-0.2, -0.15) is 4.98 Å². The molecule has 98 valence electrons. The molecule has 0 bridgehead atoms. The van der Waals surface area contributed by atoms with Crippen molar-refractivity contribution >= 4 is 34.8 Å². The van der Waals surface area contributed by atoms with Crippen LogP contribution < -0.4 is 11.5 Å². The van der Waals surface area contributed by atoms with E-state index in [0.29, 0.717) is 5.82 Å². The molecule has 0 aliphatic heterocycles. The molecule has 2 aromatic carbocycles. The van der Waals surface area contributed by atoms with Crippen LogP contribution in [0.2, 0.25) is 0 Å². The van der Waals surface area contributed by atoms with E-state index >= 15 is 0 Å². The topological polar surface area (TPSA) is 77.8 Å². The van der Waals surface area contributed by atoms with E-state index in [0.717, 1.165) is 22.0 Å². The molecule has 0 fully saturated rings. The molecule has 20 heavy (non-hydrogen) atoms. The summed E-state index contributed by atoms with van der Waals surface area (Å²) in [7, 11) is 0. The molecule has 4 heteroatoms. The lowest BCUT2D eigenvalue weighted by Crippen LogP contribution is -2.00. The minimum atomic E-state index is 0.197. The number of nitrogen functional groups attached to an aromatic ring is 2. The molecule has 1 heterocycles. The highest BCUT2D eigenvalue weighted by Crippen LogP contribution is 2.21. The summed E-state index contributed by atoms with van der Waals surface area (Å²) in [6.07, 6.45) is 4.08. The lowest BCUT2D eigenvalue weighted by atomic mass is 10.1. The molecule has 0 unspecified atom stereocenters. The second kappa shape index (κ2) is 5.01. The zero-order chi connectivity index (χ0) is 13.9. The molecule has 0 amide bonds. The molecule has 0 radical (unpaired) electrons. The first-order valence-corrected chi connectivity index (χ1v) is 6.28. The van der Waals surface area contributed by atoms with Crippen LogP contribution >= 0.6 is 0 Å². The van der Waals surface area contributed by atoms with Gasteiger partial charge in [0, 0.05) is 5.39 Å². The van der Waals surface area contributed by atoms with E-state index < -0.39 is 0 Å². The standard InChI is InChI=1S/C16H14N4/c17-15-13-10-12(7-6-11-4-2-1-3-5-11)8-9-14(13)19-16(18)20-15/h1-10H,(H4,17,18,19,20)/b7-6+. The molecule has 0 spiro atoms. The fourth-order valence-electron chi connectivity index (χ4n) is 2.05. The minimum Gasteiger partial charge on any atom is -0.383 e. The second-order valence-corrected chi connectivity index (χ2v) is 4.49. The van der Waals surface area contributed by atoms with Gasteiger partial charge in [-0.15, -0.1) is 0 Å². The molecule has 3 rings (SSSR count). The molecule has 4 nitrogen and oxygen atoms in total. The van der Waals surface area contributed by atoms with Crippen LogP contribution in [0, 0.1) is 0 Å². The minimum absolute atomic E-state index is 0.197. The molecule has 0 saturated carbocycles. The van der Waals surface area contributed by atoms with Crippen molar-refractivity contribution in [2.24, 2.45) is 0 Å². The summed E-state index contributed by atoms with van der Waals surface area (Å²) < 4.78 is 0. The Bertz CT molecular complexity index is 779. The largest absolute Gasteiger partial charge is 0.383 e. The van der Waals surface area contributed by atoms with E-state index in [4.69, 9.17) is 11.5 Å². The molecule has 3 aromatic rings. The Morgan fingerprint density at radius 2 is 1.55 bits per heavy atom. The lowest BCUT2D eigenvalue weighted by Gasteiger charge is -2.03. The van der Waals surface area contributed by atoms with Crippen molar-refractivity contribution in [1.82, 2.24) is 9.97 Å². The predicted molar refractivity (Wildman–Crippen MR) is 83.7 cm³/mol. The number of hydrogen-bond donors (Lipinski definition) is 2. The lowest BCUT2D eigenvalue weighted by molar-refractivity contribution is 1.24. The highest BCUT2D eigenvalue weighted by molar-refractivity contribution is 5.91. The molecule has 0 aliphatic carbocycles. The monoisotopic (exact) mass is 262 g/mol. The van der Waals surface area contributed by atoms with E-state index in [-0.39, 0.29) is 5.95 Å². The van der Waals surface area contributed by atoms with Crippen molar-refractivity contribution in [1.29, 1.82) is 0 Å². The van der Waals surface area contributed by atoms with Crippen LogP contribution in [0.4, 0.5) is 11.8 Å². The van der Waals surface area contributed by atoms with Gasteiger partial charge in [0.15, 0.2) is 0 Å². The van der Waals surface area contributed by atoms with Gasteiger partial charge in [0.1, 0.15) is 5.82 Å². The normalized spacial score (nSPS) is 11.2. The third-order valence-corrected chi connectivity index (χ3v) is 3.03. The van der Waals surface area contributed by atoms with Gasteiger partial charge in [0.05, 0.1) is 5.52 Å². The van der Waals surface area contributed by atoms with Crippen LogP contribution in [0.3, 0.4) is 0 Å². The van der Waals surface area contributed by atoms with Crippen LogP contribution in [0.25, 0.3) is 23.1 Å². The average Bonchev–Trinajstić information content (AvgIpc) is 2.46. The van der Waals surface area contributed by atoms with Crippen molar-refractivity contribution in [3.8, 4) is 0 Å². The first kappa shape index (κ1) is 12.2. The Morgan fingerprint density at radius 1 is 0.800 bits per heavy atom. The Kier molecular flexibility index (Phi) is 3.05. The fourth-order valence-corrected chi connectivity index (χ4v) is 2.05. The summed E-state index contributed by atoms with van der Waals surface area (Å²) in [5.41, 5.74) is 14.4. The van der Waals surface area contributed by atoms with Gasteiger partial charge in [0.25, 0.3) is 0 Å². The highest BCUT2D eigenvalue weighted by Gasteiger charge is 2.03. The van der Waals surface area contributed by atoms with Crippen molar-refractivity contribution in [2.75, 3.05) is 11.5 Å². The number of nitrogens with zero attached hydrogens (tertiary/aromatic N) is 2. The summed E-state index contributed by atoms with van der Waals surface area (Å²) in [6, 6.07) is 16.0. The van der Waals surface area contributed by atoms with E-state index in [9.17, 15) is 0 Å². The van der Waals surface area contributed by atoms with Crippen LogP contribution in [-0.4, -0.2) is 9.97 Å². The maximum Gasteiger partial charge on any atom is 0.222 e. The van der Waals surface area contributed by atoms with Crippen LogP contribution in [-0.2, 0) is 0 Å². The molecule has 4 N–H and O–H groups in total. The Morgan fingerprint density at radius 3 is 2.35 bits per heavy atom. The molecule has 0 saturated heterocycles. The van der Waals surface area contributed by atoms with Gasteiger partial charge >= 0.3 is 0 Å².